The van der Waals surface area contributed by atoms with E-state index in [2.05, 4.69) is 16.3 Å². The molecule has 0 bridgehead atoms. The van der Waals surface area contributed by atoms with Crippen molar-refractivity contribution in [3.8, 4) is 11.5 Å². The minimum atomic E-state index is -0.434. The molecular weight excluding hydrogens is 322 g/mol. The van der Waals surface area contributed by atoms with E-state index in [0.29, 0.717) is 22.4 Å². The van der Waals surface area contributed by atoms with E-state index < -0.39 is 5.91 Å². The highest BCUT2D eigenvalue weighted by Gasteiger charge is 2.10. The molecule has 2 aromatic carbocycles. The van der Waals surface area contributed by atoms with E-state index in [1.54, 1.807) is 12.1 Å². The quantitative estimate of drug-likeness (QED) is 0.716. The normalized spacial score (nSPS) is 10.8. The van der Waals surface area contributed by atoms with Crippen LogP contribution in [0, 0.1) is 13.8 Å². The molecule has 0 atom stereocenters. The van der Waals surface area contributed by atoms with Gasteiger partial charge >= 0.3 is 0 Å². The molecule has 24 heavy (non-hydrogen) atoms. The topological polar surface area (TPSA) is 82.0 Å². The Hall–Kier alpha value is -2.60. The van der Waals surface area contributed by atoms with Gasteiger partial charge in [0.2, 0.25) is 11.8 Å². The number of hydrogen-bond acceptors (Lipinski definition) is 5. The van der Waals surface area contributed by atoms with Crippen LogP contribution in [0.5, 0.6) is 0 Å². The number of hydrogen-bond donors (Lipinski definition) is 1. The molecule has 0 radical (unpaired) electrons. The van der Waals surface area contributed by atoms with E-state index in [1.807, 2.05) is 38.1 Å². The predicted octanol–water partition coefficient (Wildman–Crippen LogP) is 3.74. The molecule has 2 N–H and O–H groups in total. The van der Waals surface area contributed by atoms with Gasteiger partial charge in [0, 0.05) is 16.9 Å². The molecule has 122 valence electrons. The zero-order valence-corrected chi connectivity index (χ0v) is 14.3. The van der Waals surface area contributed by atoms with E-state index in [1.165, 1.54) is 11.8 Å². The van der Waals surface area contributed by atoms with E-state index in [-0.39, 0.29) is 0 Å². The van der Waals surface area contributed by atoms with E-state index >= 15 is 0 Å². The summed E-state index contributed by atoms with van der Waals surface area (Å²) in [4.78, 5) is 11.2. The van der Waals surface area contributed by atoms with Crippen LogP contribution in [0.1, 0.15) is 27.0 Å². The summed E-state index contributed by atoms with van der Waals surface area (Å²) in [6.45, 7) is 4.07. The minimum Gasteiger partial charge on any atom is -0.411 e. The fraction of sp³-hybridized carbons (Fsp3) is 0.167. The number of primary amides is 1. The van der Waals surface area contributed by atoms with Crippen LogP contribution in [-0.2, 0) is 5.75 Å². The predicted molar refractivity (Wildman–Crippen MR) is 93.7 cm³/mol. The zero-order chi connectivity index (χ0) is 17.1. The second kappa shape index (κ2) is 6.88. The van der Waals surface area contributed by atoms with Crippen LogP contribution in [0.25, 0.3) is 11.5 Å². The molecule has 1 heterocycles. The molecule has 6 heteroatoms. The number of rotatable bonds is 5. The Morgan fingerprint density at radius 1 is 1.12 bits per heavy atom. The average Bonchev–Trinajstić information content (AvgIpc) is 3.01. The summed E-state index contributed by atoms with van der Waals surface area (Å²) in [5.41, 5.74) is 9.99. The van der Waals surface area contributed by atoms with Gasteiger partial charge in [0.25, 0.3) is 5.22 Å². The van der Waals surface area contributed by atoms with Gasteiger partial charge in [-0.15, -0.1) is 10.2 Å². The Morgan fingerprint density at radius 3 is 2.58 bits per heavy atom. The summed E-state index contributed by atoms with van der Waals surface area (Å²) < 4.78 is 5.73. The summed E-state index contributed by atoms with van der Waals surface area (Å²) in [5.74, 6) is 0.696. The maximum absolute atomic E-state index is 11.2. The van der Waals surface area contributed by atoms with Gasteiger partial charge in [-0.05, 0) is 43.7 Å². The highest BCUT2D eigenvalue weighted by molar-refractivity contribution is 7.98. The van der Waals surface area contributed by atoms with Crippen molar-refractivity contribution in [1.82, 2.24) is 10.2 Å². The fourth-order valence-corrected chi connectivity index (χ4v) is 3.15. The van der Waals surface area contributed by atoms with Crippen molar-refractivity contribution < 1.29 is 9.21 Å². The van der Waals surface area contributed by atoms with Crippen LogP contribution >= 0.6 is 11.8 Å². The second-order valence-corrected chi connectivity index (χ2v) is 6.53. The molecule has 5 nitrogen and oxygen atoms in total. The lowest BCUT2D eigenvalue weighted by Gasteiger charge is -2.01. The van der Waals surface area contributed by atoms with E-state index in [4.69, 9.17) is 10.2 Å². The minimum absolute atomic E-state index is 0.434. The summed E-state index contributed by atoms with van der Waals surface area (Å²) >= 11 is 1.43. The van der Waals surface area contributed by atoms with Crippen molar-refractivity contribution in [2.75, 3.05) is 0 Å². The van der Waals surface area contributed by atoms with E-state index in [9.17, 15) is 4.79 Å². The molecular formula is C18H17N3O2S. The number of aryl methyl sites for hydroxylation is 2. The lowest BCUT2D eigenvalue weighted by atomic mass is 10.1. The van der Waals surface area contributed by atoms with Gasteiger partial charge in [-0.2, -0.15) is 0 Å². The van der Waals surface area contributed by atoms with Crippen molar-refractivity contribution in [3.05, 3.63) is 64.7 Å². The first-order chi connectivity index (χ1) is 11.5. The number of carbonyl (C=O) groups excluding carboxylic acids is 1. The monoisotopic (exact) mass is 339 g/mol. The summed E-state index contributed by atoms with van der Waals surface area (Å²) in [6, 6.07) is 13.3. The second-order valence-electron chi connectivity index (χ2n) is 5.60. The Balaban J connectivity index is 1.72. The maximum atomic E-state index is 11.2. The Bertz CT molecular complexity index is 869. The highest BCUT2D eigenvalue weighted by atomic mass is 32.2. The molecule has 1 amide bonds. The molecule has 0 unspecified atom stereocenters. The molecule has 0 saturated heterocycles. The standard InChI is InChI=1S/C18H17N3O2S/c1-11-6-12(2)8-15(7-11)17-20-21-18(23-17)24-10-13-4-3-5-14(9-13)16(19)22/h3-9H,10H2,1-2H3,(H2,19,22). The van der Waals surface area contributed by atoms with Crippen LogP contribution in [0.3, 0.4) is 0 Å². The third kappa shape index (κ3) is 3.83. The number of thioether (sulfide) groups is 1. The number of benzene rings is 2. The molecule has 3 rings (SSSR count). The van der Waals surface area contributed by atoms with Gasteiger partial charge in [0.15, 0.2) is 0 Å². The molecule has 0 aliphatic rings. The summed E-state index contributed by atoms with van der Waals surface area (Å²) in [7, 11) is 0. The van der Waals surface area contributed by atoms with Crippen LogP contribution in [-0.4, -0.2) is 16.1 Å². The smallest absolute Gasteiger partial charge is 0.277 e. The number of nitrogens with zero attached hydrogens (tertiary/aromatic N) is 2. The molecule has 1 aromatic heterocycles. The van der Waals surface area contributed by atoms with Crippen molar-refractivity contribution in [2.24, 2.45) is 5.73 Å². The molecule has 0 aliphatic carbocycles. The average molecular weight is 339 g/mol. The van der Waals surface area contributed by atoms with Crippen LogP contribution < -0.4 is 5.73 Å². The molecule has 0 spiro atoms. The third-order valence-corrected chi connectivity index (χ3v) is 4.34. The number of aromatic nitrogens is 2. The van der Waals surface area contributed by atoms with Gasteiger partial charge in [-0.3, -0.25) is 4.79 Å². The van der Waals surface area contributed by atoms with Crippen LogP contribution in [0.15, 0.2) is 52.1 Å². The Morgan fingerprint density at radius 2 is 1.88 bits per heavy atom. The molecule has 0 aliphatic heterocycles. The first kappa shape index (κ1) is 16.3. The molecule has 3 aromatic rings. The Labute approximate surface area is 144 Å². The van der Waals surface area contributed by atoms with Gasteiger partial charge in [-0.1, -0.05) is 41.1 Å². The van der Waals surface area contributed by atoms with Gasteiger partial charge in [-0.25, -0.2) is 0 Å². The number of nitrogens with two attached hydrogens (primary N) is 1. The molecule has 0 fully saturated rings. The SMILES string of the molecule is Cc1cc(C)cc(-c2nnc(SCc3cccc(C(N)=O)c3)o2)c1. The first-order valence-corrected chi connectivity index (χ1v) is 8.43. The maximum Gasteiger partial charge on any atom is 0.277 e. The lowest BCUT2D eigenvalue weighted by Crippen LogP contribution is -2.10. The molecule has 0 saturated carbocycles. The van der Waals surface area contributed by atoms with Gasteiger partial charge in [0.05, 0.1) is 0 Å². The van der Waals surface area contributed by atoms with Crippen molar-refractivity contribution in [3.63, 3.8) is 0 Å². The van der Waals surface area contributed by atoms with Gasteiger partial charge in [0.1, 0.15) is 0 Å². The third-order valence-electron chi connectivity index (χ3n) is 3.45. The summed E-state index contributed by atoms with van der Waals surface area (Å²) in [6.07, 6.45) is 0. The van der Waals surface area contributed by atoms with Crippen molar-refractivity contribution in [2.45, 2.75) is 24.8 Å². The first-order valence-electron chi connectivity index (χ1n) is 7.45. The van der Waals surface area contributed by atoms with Crippen LogP contribution in [0.2, 0.25) is 0 Å². The van der Waals surface area contributed by atoms with E-state index in [0.717, 1.165) is 22.3 Å². The van der Waals surface area contributed by atoms with Crippen LogP contribution in [0.4, 0.5) is 0 Å². The largest absolute Gasteiger partial charge is 0.411 e. The fourth-order valence-electron chi connectivity index (χ4n) is 2.44. The zero-order valence-electron chi connectivity index (χ0n) is 13.4. The number of carbonyl (C=O) groups is 1. The highest BCUT2D eigenvalue weighted by Crippen LogP contribution is 2.27. The van der Waals surface area contributed by atoms with Gasteiger partial charge < -0.3 is 10.2 Å². The van der Waals surface area contributed by atoms with Crippen molar-refractivity contribution in [1.29, 1.82) is 0 Å². The van der Waals surface area contributed by atoms with Crippen molar-refractivity contribution >= 4 is 17.7 Å². The number of amides is 1. The Kier molecular flexibility index (Phi) is 4.66. The lowest BCUT2D eigenvalue weighted by molar-refractivity contribution is 0.1000. The summed E-state index contributed by atoms with van der Waals surface area (Å²) in [5, 5.41) is 8.69.